The van der Waals surface area contributed by atoms with Crippen LogP contribution in [0.2, 0.25) is 0 Å². The van der Waals surface area contributed by atoms with Crippen molar-refractivity contribution in [1.29, 1.82) is 0 Å². The van der Waals surface area contributed by atoms with Crippen LogP contribution in [0.1, 0.15) is 29.0 Å². The lowest BCUT2D eigenvalue weighted by atomic mass is 9.94. The maximum absolute atomic E-state index is 12.9. The molecule has 3 fully saturated rings. The average Bonchev–Trinajstić information content (AvgIpc) is 2.95. The second kappa shape index (κ2) is 6.74. The van der Waals surface area contributed by atoms with E-state index in [1.807, 2.05) is 23.1 Å². The van der Waals surface area contributed by atoms with Crippen LogP contribution in [0.3, 0.4) is 0 Å². The van der Waals surface area contributed by atoms with Gasteiger partial charge in [0, 0.05) is 31.5 Å². The van der Waals surface area contributed by atoms with E-state index in [9.17, 15) is 14.7 Å². The van der Waals surface area contributed by atoms with Gasteiger partial charge in [-0.15, -0.1) is 0 Å². The van der Waals surface area contributed by atoms with Gasteiger partial charge in [0.05, 0.1) is 18.2 Å². The van der Waals surface area contributed by atoms with Crippen LogP contribution in [0.5, 0.6) is 5.75 Å². The highest BCUT2D eigenvalue weighted by Gasteiger charge is 2.42. The van der Waals surface area contributed by atoms with Crippen molar-refractivity contribution in [1.82, 2.24) is 19.8 Å². The van der Waals surface area contributed by atoms with E-state index in [1.165, 1.54) is 12.3 Å². The first-order chi connectivity index (χ1) is 12.6. The van der Waals surface area contributed by atoms with Gasteiger partial charge in [0.1, 0.15) is 5.75 Å². The first kappa shape index (κ1) is 16.5. The molecule has 2 aromatic heterocycles. The molecule has 2 bridgehead atoms. The van der Waals surface area contributed by atoms with E-state index in [-0.39, 0.29) is 35.2 Å². The van der Waals surface area contributed by atoms with Crippen molar-refractivity contribution in [2.75, 3.05) is 13.1 Å². The molecule has 0 spiro atoms. The number of hydrogen-bond acceptors (Lipinski definition) is 5. The number of carbonyl (C=O) groups excluding carboxylic acids is 2. The van der Waals surface area contributed by atoms with Crippen LogP contribution in [0, 0.1) is 5.92 Å². The predicted molar refractivity (Wildman–Crippen MR) is 93.1 cm³/mol. The summed E-state index contributed by atoms with van der Waals surface area (Å²) in [6, 6.07) is 8.64. The molecule has 5 heterocycles. The second-order valence-corrected chi connectivity index (χ2v) is 6.80. The molecular weight excluding hydrogens is 332 g/mol. The number of aromatic hydroxyl groups is 1. The largest absolute Gasteiger partial charge is 0.505 e. The zero-order valence-electron chi connectivity index (χ0n) is 14.3. The zero-order chi connectivity index (χ0) is 18.1. The Hall–Kier alpha value is -2.96. The highest BCUT2D eigenvalue weighted by molar-refractivity contribution is 5.95. The fourth-order valence-electron chi connectivity index (χ4n) is 3.79. The topological polar surface area (TPSA) is 86.6 Å². The first-order valence-corrected chi connectivity index (χ1v) is 8.77. The van der Waals surface area contributed by atoms with Crippen molar-refractivity contribution in [3.05, 3.63) is 54.1 Å². The molecule has 3 aliphatic rings. The molecule has 3 aliphatic heterocycles. The Bertz CT molecular complexity index is 827. The molecule has 2 atom stereocenters. The zero-order valence-corrected chi connectivity index (χ0v) is 14.3. The van der Waals surface area contributed by atoms with Crippen LogP contribution in [-0.2, 0) is 11.3 Å². The lowest BCUT2D eigenvalue weighted by molar-refractivity contribution is -0.140. The average molecular weight is 352 g/mol. The summed E-state index contributed by atoms with van der Waals surface area (Å²) >= 11 is 0. The summed E-state index contributed by atoms with van der Waals surface area (Å²) in [6.45, 7) is 1.27. The predicted octanol–water partition coefficient (Wildman–Crippen LogP) is 1.45. The molecule has 26 heavy (non-hydrogen) atoms. The van der Waals surface area contributed by atoms with E-state index in [0.717, 1.165) is 18.5 Å². The van der Waals surface area contributed by atoms with Crippen LogP contribution < -0.4 is 0 Å². The molecular formula is C19H20N4O3. The standard InChI is InChI=1S/C19H20N4O3/c24-16-5-3-9-21-17(16)19(26)22-10-13-6-7-15(12-22)23(18(13)25)11-14-4-1-2-8-20-14/h1-5,8-9,13,15,24H,6-7,10-12H2/t13-,15+/m0/s1. The van der Waals surface area contributed by atoms with E-state index in [2.05, 4.69) is 9.97 Å². The molecule has 0 aliphatic carbocycles. The van der Waals surface area contributed by atoms with Gasteiger partial charge < -0.3 is 14.9 Å². The van der Waals surface area contributed by atoms with Crippen LogP contribution >= 0.6 is 0 Å². The number of aromatic nitrogens is 2. The number of hydrogen-bond donors (Lipinski definition) is 1. The number of pyridine rings is 2. The van der Waals surface area contributed by atoms with E-state index in [0.29, 0.717) is 19.6 Å². The molecule has 5 rings (SSSR count). The molecule has 2 amide bonds. The lowest BCUT2D eigenvalue weighted by Crippen LogP contribution is -2.47. The Kier molecular flexibility index (Phi) is 4.28. The van der Waals surface area contributed by atoms with Gasteiger partial charge in [0.15, 0.2) is 5.69 Å². The Labute approximate surface area is 151 Å². The molecule has 0 saturated carbocycles. The lowest BCUT2D eigenvalue weighted by Gasteiger charge is -2.35. The minimum Gasteiger partial charge on any atom is -0.505 e. The molecule has 7 nitrogen and oxygen atoms in total. The summed E-state index contributed by atoms with van der Waals surface area (Å²) in [5.74, 6) is -0.599. The summed E-state index contributed by atoms with van der Waals surface area (Å²) in [5.41, 5.74) is 0.881. The Morgan fingerprint density at radius 2 is 1.96 bits per heavy atom. The SMILES string of the molecule is O=C(c1ncccc1O)N1C[C@@H]2CC[C@H](C1)N(Cc1ccccn1)C2=O. The number of rotatable bonds is 3. The van der Waals surface area contributed by atoms with E-state index < -0.39 is 0 Å². The highest BCUT2D eigenvalue weighted by Crippen LogP contribution is 2.31. The Morgan fingerprint density at radius 3 is 2.73 bits per heavy atom. The number of nitrogens with zero attached hydrogens (tertiary/aromatic N) is 4. The van der Waals surface area contributed by atoms with E-state index in [1.54, 1.807) is 17.2 Å². The van der Waals surface area contributed by atoms with Gasteiger partial charge >= 0.3 is 0 Å². The third-order valence-corrected chi connectivity index (χ3v) is 5.13. The quantitative estimate of drug-likeness (QED) is 0.903. The van der Waals surface area contributed by atoms with Crippen LogP contribution in [0.25, 0.3) is 0 Å². The summed E-state index contributed by atoms with van der Waals surface area (Å²) in [7, 11) is 0. The molecule has 2 aromatic rings. The maximum Gasteiger partial charge on any atom is 0.276 e. The molecule has 0 unspecified atom stereocenters. The molecule has 3 saturated heterocycles. The fourth-order valence-corrected chi connectivity index (χ4v) is 3.79. The van der Waals surface area contributed by atoms with Crippen molar-refractivity contribution >= 4 is 11.8 Å². The number of amides is 2. The van der Waals surface area contributed by atoms with Gasteiger partial charge in [-0.05, 0) is 37.1 Å². The van der Waals surface area contributed by atoms with Gasteiger partial charge in [-0.2, -0.15) is 0 Å². The summed E-state index contributed by atoms with van der Waals surface area (Å²) < 4.78 is 0. The van der Waals surface area contributed by atoms with Gasteiger partial charge in [0.25, 0.3) is 5.91 Å². The minimum atomic E-state index is -0.326. The molecule has 0 aromatic carbocycles. The summed E-state index contributed by atoms with van der Waals surface area (Å²) in [4.78, 5) is 37.5. The third-order valence-electron chi connectivity index (χ3n) is 5.13. The smallest absolute Gasteiger partial charge is 0.276 e. The fraction of sp³-hybridized carbons (Fsp3) is 0.368. The van der Waals surface area contributed by atoms with Crippen LogP contribution in [0.15, 0.2) is 42.7 Å². The van der Waals surface area contributed by atoms with Crippen LogP contribution in [0.4, 0.5) is 0 Å². The highest BCUT2D eigenvalue weighted by atomic mass is 16.3. The van der Waals surface area contributed by atoms with Crippen molar-refractivity contribution in [2.45, 2.75) is 25.4 Å². The van der Waals surface area contributed by atoms with Crippen molar-refractivity contribution in [2.24, 2.45) is 5.92 Å². The third kappa shape index (κ3) is 3.00. The summed E-state index contributed by atoms with van der Waals surface area (Å²) in [5, 5.41) is 9.93. The normalized spacial score (nSPS) is 22.4. The minimum absolute atomic E-state index is 0.0394. The monoisotopic (exact) mass is 352 g/mol. The number of piperidine rings is 1. The first-order valence-electron chi connectivity index (χ1n) is 8.77. The Balaban J connectivity index is 1.57. The molecule has 0 radical (unpaired) electrons. The van der Waals surface area contributed by atoms with Gasteiger partial charge in [-0.25, -0.2) is 4.98 Å². The van der Waals surface area contributed by atoms with E-state index in [4.69, 9.17) is 0 Å². The molecule has 7 heteroatoms. The van der Waals surface area contributed by atoms with E-state index >= 15 is 0 Å². The van der Waals surface area contributed by atoms with Crippen molar-refractivity contribution < 1.29 is 14.7 Å². The van der Waals surface area contributed by atoms with Gasteiger partial charge in [0.2, 0.25) is 5.91 Å². The molecule has 134 valence electrons. The molecule has 1 N–H and O–H groups in total. The van der Waals surface area contributed by atoms with Gasteiger partial charge in [-0.3, -0.25) is 14.6 Å². The van der Waals surface area contributed by atoms with Crippen molar-refractivity contribution in [3.63, 3.8) is 0 Å². The van der Waals surface area contributed by atoms with Gasteiger partial charge in [-0.1, -0.05) is 6.07 Å². The number of fused-ring (bicyclic) bond motifs is 4. The summed E-state index contributed by atoms with van der Waals surface area (Å²) in [6.07, 6.45) is 4.84. The maximum atomic E-state index is 12.9. The second-order valence-electron chi connectivity index (χ2n) is 6.80. The Morgan fingerprint density at radius 1 is 1.12 bits per heavy atom. The van der Waals surface area contributed by atoms with Crippen molar-refractivity contribution in [3.8, 4) is 5.75 Å². The number of carbonyl (C=O) groups is 2. The van der Waals surface area contributed by atoms with Crippen LogP contribution in [-0.4, -0.2) is 55.8 Å².